The average Bonchev–Trinajstić information content (AvgIpc) is 3.16. The molecule has 0 fully saturated rings. The number of esters is 2. The summed E-state index contributed by atoms with van der Waals surface area (Å²) in [4.78, 5) is 56.2. The van der Waals surface area contributed by atoms with E-state index in [0.717, 1.165) is 82.3 Å². The van der Waals surface area contributed by atoms with E-state index < -0.39 is 11.9 Å². The first kappa shape index (κ1) is 37.7. The molecule has 2 aliphatic rings. The van der Waals surface area contributed by atoms with Crippen LogP contribution in [0.25, 0.3) is 43.1 Å². The molecule has 2 heterocycles. The zero-order valence-electron chi connectivity index (χ0n) is 30.7. The van der Waals surface area contributed by atoms with E-state index in [0.29, 0.717) is 33.0 Å². The van der Waals surface area contributed by atoms with E-state index in [1.807, 2.05) is 36.4 Å². The molecule has 0 saturated carbocycles. The van der Waals surface area contributed by atoms with Gasteiger partial charge >= 0.3 is 11.9 Å². The summed E-state index contributed by atoms with van der Waals surface area (Å²) in [5.74, 6) is 0.229. The molecule has 0 aromatic heterocycles. The van der Waals surface area contributed by atoms with Crippen LogP contribution < -0.4 is 0 Å². The van der Waals surface area contributed by atoms with Gasteiger partial charge in [-0.05, 0) is 93.8 Å². The molecule has 5 aromatic rings. The van der Waals surface area contributed by atoms with E-state index in [1.54, 1.807) is 17.0 Å². The number of hydrogen-bond donors (Lipinski definition) is 2. The Hall–Kier alpha value is -3.62. The number of thiol groups is 2. The van der Waals surface area contributed by atoms with E-state index in [-0.39, 0.29) is 17.9 Å². The number of rotatable bonds is 21. The molecule has 53 heavy (non-hydrogen) atoms. The molecule has 2 aliphatic heterocycles. The van der Waals surface area contributed by atoms with Crippen molar-refractivity contribution in [1.82, 2.24) is 4.90 Å². The van der Waals surface area contributed by atoms with Gasteiger partial charge in [0.25, 0.3) is 11.8 Å². The fourth-order valence-corrected chi connectivity index (χ4v) is 9.42. The van der Waals surface area contributed by atoms with E-state index in [9.17, 15) is 19.2 Å². The molecule has 278 valence electrons. The number of imide groups is 1. The van der Waals surface area contributed by atoms with Gasteiger partial charge in [-0.15, -0.1) is 0 Å². The Morgan fingerprint density at radius 3 is 1.11 bits per heavy atom. The summed E-state index contributed by atoms with van der Waals surface area (Å²) in [5, 5.41) is 6.55. The maximum atomic E-state index is 14.6. The van der Waals surface area contributed by atoms with Crippen molar-refractivity contribution in [2.45, 2.75) is 122 Å². The van der Waals surface area contributed by atoms with Gasteiger partial charge in [-0.25, -0.2) is 9.59 Å². The highest BCUT2D eigenvalue weighted by molar-refractivity contribution is 7.80. The normalized spacial score (nSPS) is 14.3. The third kappa shape index (κ3) is 7.43. The van der Waals surface area contributed by atoms with Gasteiger partial charge in [0.15, 0.2) is 0 Å². The Balaban J connectivity index is 1.16. The van der Waals surface area contributed by atoms with Crippen molar-refractivity contribution in [3.05, 3.63) is 70.8 Å². The summed E-state index contributed by atoms with van der Waals surface area (Å²) in [7, 11) is 0. The molecule has 0 unspecified atom stereocenters. The van der Waals surface area contributed by atoms with Crippen molar-refractivity contribution in [3.63, 3.8) is 0 Å². The molecule has 0 saturated heterocycles. The molecule has 7 rings (SSSR count). The number of cyclic esters (lactones) is 2. The predicted molar refractivity (Wildman–Crippen MR) is 222 cm³/mol. The minimum Gasteiger partial charge on any atom is -0.386 e. The van der Waals surface area contributed by atoms with Gasteiger partial charge in [0.2, 0.25) is 0 Å². The Labute approximate surface area is 323 Å². The second-order valence-electron chi connectivity index (χ2n) is 15.1. The van der Waals surface area contributed by atoms with Crippen molar-refractivity contribution in [1.29, 1.82) is 0 Å². The number of carbonyl (C=O) groups is 4. The molecule has 0 atom stereocenters. The SMILES string of the molecule is O=C1OC(=O)c2ccc3c4ccc5c6c(ccc(c7ccc1c2c73)c64)C(=O)N(C(CCCCCCCCCCS)CCCCCCCCCCS)C5=O. The van der Waals surface area contributed by atoms with Crippen molar-refractivity contribution in [3.8, 4) is 0 Å². The number of fused-ring (bicyclic) bond motifs is 2. The standard InChI is InChI=1S/C45H51NO5S2/c47-42-34-23-19-30-32-21-25-36-41-37(45(50)51-44(36)49)26-22-33(39(32)41)31-20-24-35(40(34)38(30)31)43(48)46(42)29(17-13-9-5-1-3-7-11-15-27-52)18-14-10-6-2-4-8-12-16-28-53/h19-26,29,52-53H,1-18,27-28H2. The van der Waals surface area contributed by atoms with Crippen molar-refractivity contribution >= 4 is 92.1 Å². The minimum atomic E-state index is -0.645. The Bertz CT molecular complexity index is 2020. The van der Waals surface area contributed by atoms with Crippen LogP contribution in [0.5, 0.6) is 0 Å². The third-order valence-electron chi connectivity index (χ3n) is 11.7. The van der Waals surface area contributed by atoms with Crippen LogP contribution in [0.4, 0.5) is 0 Å². The summed E-state index contributed by atoms with van der Waals surface area (Å²) in [6.45, 7) is 0. The number of ether oxygens (including phenoxy) is 1. The summed E-state index contributed by atoms with van der Waals surface area (Å²) in [6.07, 6.45) is 20.6. The Kier molecular flexibility index (Phi) is 12.3. The minimum absolute atomic E-state index is 0.134. The van der Waals surface area contributed by atoms with Gasteiger partial charge in [-0.3, -0.25) is 14.5 Å². The second-order valence-corrected chi connectivity index (χ2v) is 16.0. The number of hydrogen-bond acceptors (Lipinski definition) is 7. The molecule has 0 spiro atoms. The first-order chi connectivity index (χ1) is 26.0. The van der Waals surface area contributed by atoms with Crippen LogP contribution in [0.1, 0.15) is 157 Å². The molecule has 0 N–H and O–H groups in total. The van der Waals surface area contributed by atoms with Gasteiger partial charge < -0.3 is 4.74 Å². The molecule has 5 aromatic carbocycles. The summed E-state index contributed by atoms with van der Waals surface area (Å²) in [5.41, 5.74) is 1.88. The number of unbranched alkanes of at least 4 members (excludes halogenated alkanes) is 14. The zero-order chi connectivity index (χ0) is 36.9. The molecule has 6 nitrogen and oxygen atoms in total. The second kappa shape index (κ2) is 17.2. The molecular formula is C45H51NO5S2. The van der Waals surface area contributed by atoms with E-state index in [1.165, 1.54) is 77.0 Å². The van der Waals surface area contributed by atoms with Crippen molar-refractivity contribution < 1.29 is 23.9 Å². The first-order valence-electron chi connectivity index (χ1n) is 20.0. The van der Waals surface area contributed by atoms with Crippen LogP contribution in [0.2, 0.25) is 0 Å². The van der Waals surface area contributed by atoms with Gasteiger partial charge in [-0.2, -0.15) is 25.3 Å². The first-order valence-corrected chi connectivity index (χ1v) is 21.3. The number of nitrogens with zero attached hydrogens (tertiary/aromatic N) is 1. The highest BCUT2D eigenvalue weighted by Crippen LogP contribution is 2.46. The van der Waals surface area contributed by atoms with E-state index in [4.69, 9.17) is 4.74 Å². The largest absolute Gasteiger partial charge is 0.386 e. The molecule has 2 amide bonds. The predicted octanol–water partition coefficient (Wildman–Crippen LogP) is 11.9. The summed E-state index contributed by atoms with van der Waals surface area (Å²) in [6, 6.07) is 14.8. The molecule has 0 aliphatic carbocycles. The number of carbonyl (C=O) groups excluding carboxylic acids is 4. The lowest BCUT2D eigenvalue weighted by molar-refractivity contribution is 0.0389. The van der Waals surface area contributed by atoms with Crippen LogP contribution in [-0.2, 0) is 4.74 Å². The summed E-state index contributed by atoms with van der Waals surface area (Å²) < 4.78 is 5.02. The third-order valence-corrected chi connectivity index (χ3v) is 12.3. The van der Waals surface area contributed by atoms with Crippen LogP contribution in [0, 0.1) is 0 Å². The number of benzene rings is 5. The Morgan fingerprint density at radius 1 is 0.415 bits per heavy atom. The van der Waals surface area contributed by atoms with Crippen LogP contribution in [0.15, 0.2) is 48.5 Å². The lowest BCUT2D eigenvalue weighted by Crippen LogP contribution is -2.47. The number of amides is 2. The van der Waals surface area contributed by atoms with Gasteiger partial charge in [-0.1, -0.05) is 114 Å². The van der Waals surface area contributed by atoms with Crippen molar-refractivity contribution in [2.24, 2.45) is 0 Å². The highest BCUT2D eigenvalue weighted by Gasteiger charge is 2.38. The van der Waals surface area contributed by atoms with E-state index >= 15 is 0 Å². The fraction of sp³-hybridized carbons (Fsp3) is 0.467. The lowest BCUT2D eigenvalue weighted by Gasteiger charge is -2.35. The van der Waals surface area contributed by atoms with Gasteiger partial charge in [0.05, 0.1) is 11.1 Å². The highest BCUT2D eigenvalue weighted by atomic mass is 32.1. The molecule has 0 bridgehead atoms. The topological polar surface area (TPSA) is 80.8 Å². The monoisotopic (exact) mass is 749 g/mol. The summed E-state index contributed by atoms with van der Waals surface area (Å²) >= 11 is 8.65. The molecule has 0 radical (unpaired) electrons. The zero-order valence-corrected chi connectivity index (χ0v) is 32.5. The van der Waals surface area contributed by atoms with Gasteiger partial charge in [0.1, 0.15) is 0 Å². The van der Waals surface area contributed by atoms with Gasteiger partial charge in [0, 0.05) is 27.9 Å². The average molecular weight is 750 g/mol. The fourth-order valence-electron chi connectivity index (χ4n) is 8.97. The maximum Gasteiger partial charge on any atom is 0.346 e. The van der Waals surface area contributed by atoms with Crippen LogP contribution in [-0.4, -0.2) is 46.2 Å². The molecule has 8 heteroatoms. The van der Waals surface area contributed by atoms with Crippen LogP contribution >= 0.6 is 25.3 Å². The quantitative estimate of drug-likeness (QED) is 0.0148. The smallest absolute Gasteiger partial charge is 0.346 e. The molecular weight excluding hydrogens is 699 g/mol. The van der Waals surface area contributed by atoms with Crippen LogP contribution in [0.3, 0.4) is 0 Å². The lowest BCUT2D eigenvalue weighted by atomic mass is 9.82. The maximum absolute atomic E-state index is 14.6. The van der Waals surface area contributed by atoms with E-state index in [2.05, 4.69) is 25.3 Å². The Morgan fingerprint density at radius 2 is 0.736 bits per heavy atom. The van der Waals surface area contributed by atoms with Crippen molar-refractivity contribution in [2.75, 3.05) is 11.5 Å².